The molecule has 0 aliphatic heterocycles. The Morgan fingerprint density at radius 3 is 2.45 bits per heavy atom. The van der Waals surface area contributed by atoms with E-state index in [1.807, 2.05) is 0 Å². The van der Waals surface area contributed by atoms with Crippen molar-refractivity contribution in [3.63, 3.8) is 0 Å². The average molecular weight is 315 g/mol. The summed E-state index contributed by atoms with van der Waals surface area (Å²) < 4.78 is 19.2. The number of oxime groups is 1. The number of halogens is 3. The minimum atomic E-state index is -0.675. The second-order valence-corrected chi connectivity index (χ2v) is 4.68. The maximum absolute atomic E-state index is 13.7. The molecule has 4 nitrogen and oxygen atoms in total. The number of hydrogen-bond acceptors (Lipinski definition) is 3. The number of nitrogens with two attached hydrogens (primary N) is 1. The molecule has 0 amide bonds. The molecule has 2 aromatic rings. The van der Waals surface area contributed by atoms with E-state index in [0.29, 0.717) is 15.8 Å². The van der Waals surface area contributed by atoms with Crippen molar-refractivity contribution in [3.05, 3.63) is 57.8 Å². The van der Waals surface area contributed by atoms with E-state index in [2.05, 4.69) is 5.16 Å². The third-order valence-corrected chi connectivity index (χ3v) is 2.84. The molecule has 0 radical (unpaired) electrons. The van der Waals surface area contributed by atoms with Gasteiger partial charge in [-0.3, -0.25) is 0 Å². The summed E-state index contributed by atoms with van der Waals surface area (Å²) in [6.45, 7) is 0. The van der Waals surface area contributed by atoms with Crippen LogP contribution in [0.15, 0.2) is 41.6 Å². The van der Waals surface area contributed by atoms with Gasteiger partial charge in [-0.05, 0) is 30.3 Å². The quantitative estimate of drug-likeness (QED) is 0.389. The Morgan fingerprint density at radius 2 is 1.85 bits per heavy atom. The number of nitrogens with zero attached hydrogens (tertiary/aromatic N) is 1. The van der Waals surface area contributed by atoms with Crippen molar-refractivity contribution in [1.82, 2.24) is 0 Å². The van der Waals surface area contributed by atoms with Gasteiger partial charge in [0.25, 0.3) is 0 Å². The molecule has 20 heavy (non-hydrogen) atoms. The first-order valence-electron chi connectivity index (χ1n) is 5.41. The van der Waals surface area contributed by atoms with Crippen LogP contribution in [-0.2, 0) is 0 Å². The maximum atomic E-state index is 13.7. The first kappa shape index (κ1) is 14.4. The third kappa shape index (κ3) is 3.12. The molecule has 0 aliphatic rings. The molecule has 2 aromatic carbocycles. The lowest BCUT2D eigenvalue weighted by molar-refractivity contribution is 0.318. The van der Waals surface area contributed by atoms with Crippen molar-refractivity contribution in [3.8, 4) is 11.5 Å². The van der Waals surface area contributed by atoms with Gasteiger partial charge in [0.1, 0.15) is 17.3 Å². The Hall–Kier alpha value is -1.98. The normalized spacial score (nSPS) is 11.4. The van der Waals surface area contributed by atoms with E-state index in [4.69, 9.17) is 38.9 Å². The third-order valence-electron chi connectivity index (χ3n) is 2.40. The van der Waals surface area contributed by atoms with E-state index >= 15 is 0 Å². The van der Waals surface area contributed by atoms with Crippen LogP contribution < -0.4 is 10.5 Å². The van der Waals surface area contributed by atoms with Crippen molar-refractivity contribution in [2.45, 2.75) is 0 Å². The molecule has 2 rings (SSSR count). The summed E-state index contributed by atoms with van der Waals surface area (Å²) in [6.07, 6.45) is 0. The maximum Gasteiger partial charge on any atom is 0.176 e. The molecular weight excluding hydrogens is 306 g/mol. The topological polar surface area (TPSA) is 67.8 Å². The van der Waals surface area contributed by atoms with Crippen LogP contribution in [0.2, 0.25) is 10.0 Å². The lowest BCUT2D eigenvalue weighted by Crippen LogP contribution is -2.16. The summed E-state index contributed by atoms with van der Waals surface area (Å²) in [5.41, 5.74) is 5.29. The lowest BCUT2D eigenvalue weighted by atomic mass is 10.1. The van der Waals surface area contributed by atoms with Crippen LogP contribution in [0.3, 0.4) is 0 Å². The van der Waals surface area contributed by atoms with Crippen LogP contribution >= 0.6 is 23.2 Å². The van der Waals surface area contributed by atoms with Crippen molar-refractivity contribution < 1.29 is 14.3 Å². The van der Waals surface area contributed by atoms with E-state index in [1.165, 1.54) is 36.4 Å². The highest BCUT2D eigenvalue weighted by Gasteiger charge is 2.15. The minimum Gasteiger partial charge on any atom is -0.456 e. The molecule has 0 saturated carbocycles. The molecule has 0 spiro atoms. The van der Waals surface area contributed by atoms with Gasteiger partial charge >= 0.3 is 0 Å². The molecule has 104 valence electrons. The zero-order valence-corrected chi connectivity index (χ0v) is 11.5. The second kappa shape index (κ2) is 5.98. The van der Waals surface area contributed by atoms with E-state index in [0.717, 1.165) is 0 Å². The van der Waals surface area contributed by atoms with Crippen LogP contribution in [0, 0.1) is 5.82 Å². The van der Waals surface area contributed by atoms with Crippen LogP contribution in [-0.4, -0.2) is 11.0 Å². The molecule has 0 atom stereocenters. The Morgan fingerprint density at radius 1 is 1.20 bits per heavy atom. The number of ether oxygens (including phenoxy) is 1. The molecule has 7 heteroatoms. The number of rotatable bonds is 3. The molecule has 3 N–H and O–H groups in total. The highest BCUT2D eigenvalue weighted by Crippen LogP contribution is 2.31. The molecular formula is C13H9Cl2FN2O2. The standard InChI is InChI=1S/C13H9Cl2FN2O2/c14-7-4-8(15)6-9(5-7)20-11-3-1-2-10(16)12(11)13(17)18-19/h1-6,19H,(H2,17,18). The van der Waals surface area contributed by atoms with Gasteiger partial charge in [-0.1, -0.05) is 34.4 Å². The SMILES string of the molecule is NC(=NO)c1c(F)cccc1Oc1cc(Cl)cc(Cl)c1. The van der Waals surface area contributed by atoms with Crippen LogP contribution in [0.5, 0.6) is 11.5 Å². The predicted molar refractivity (Wildman–Crippen MR) is 75.4 cm³/mol. The van der Waals surface area contributed by atoms with Crippen molar-refractivity contribution in [2.24, 2.45) is 10.9 Å². The van der Waals surface area contributed by atoms with E-state index in [1.54, 1.807) is 0 Å². The fourth-order valence-electron chi connectivity index (χ4n) is 1.60. The summed E-state index contributed by atoms with van der Waals surface area (Å²) in [5, 5.41) is 12.2. The van der Waals surface area contributed by atoms with Gasteiger partial charge in [-0.2, -0.15) is 0 Å². The van der Waals surface area contributed by atoms with Crippen LogP contribution in [0.1, 0.15) is 5.56 Å². The van der Waals surface area contributed by atoms with Crippen molar-refractivity contribution >= 4 is 29.0 Å². The van der Waals surface area contributed by atoms with Crippen LogP contribution in [0.4, 0.5) is 4.39 Å². The van der Waals surface area contributed by atoms with E-state index < -0.39 is 11.7 Å². The van der Waals surface area contributed by atoms with Crippen molar-refractivity contribution in [2.75, 3.05) is 0 Å². The predicted octanol–water partition coefficient (Wildman–Crippen LogP) is 4.02. The molecule has 0 fully saturated rings. The van der Waals surface area contributed by atoms with E-state index in [9.17, 15) is 4.39 Å². The molecule has 0 saturated heterocycles. The average Bonchev–Trinajstić information content (AvgIpc) is 2.37. The summed E-state index contributed by atoms with van der Waals surface area (Å²) in [5.74, 6) is -0.684. The molecule has 0 aliphatic carbocycles. The van der Waals surface area contributed by atoms with Gasteiger partial charge in [0, 0.05) is 10.0 Å². The summed E-state index contributed by atoms with van der Waals surface area (Å²) in [4.78, 5) is 0. The number of amidine groups is 1. The first-order valence-corrected chi connectivity index (χ1v) is 6.17. The van der Waals surface area contributed by atoms with Gasteiger partial charge < -0.3 is 15.7 Å². The van der Waals surface area contributed by atoms with Gasteiger partial charge in [-0.25, -0.2) is 4.39 Å². The minimum absolute atomic E-state index is 0.0821. The Bertz CT molecular complexity index is 657. The molecule has 0 bridgehead atoms. The Balaban J connectivity index is 2.46. The number of hydrogen-bond donors (Lipinski definition) is 2. The first-order chi connectivity index (χ1) is 9.51. The van der Waals surface area contributed by atoms with Gasteiger partial charge in [0.05, 0.1) is 5.56 Å². The summed E-state index contributed by atoms with van der Waals surface area (Å²) in [6, 6.07) is 8.64. The zero-order chi connectivity index (χ0) is 14.7. The Kier molecular flexibility index (Phi) is 4.32. The largest absolute Gasteiger partial charge is 0.456 e. The second-order valence-electron chi connectivity index (χ2n) is 3.81. The fourth-order valence-corrected chi connectivity index (χ4v) is 2.11. The Labute approximate surface area is 124 Å². The highest BCUT2D eigenvalue weighted by molar-refractivity contribution is 6.34. The van der Waals surface area contributed by atoms with Gasteiger partial charge in [0.2, 0.25) is 0 Å². The summed E-state index contributed by atoms with van der Waals surface area (Å²) >= 11 is 11.7. The monoisotopic (exact) mass is 314 g/mol. The molecule has 0 aromatic heterocycles. The fraction of sp³-hybridized carbons (Fsp3) is 0. The number of benzene rings is 2. The highest BCUT2D eigenvalue weighted by atomic mass is 35.5. The van der Waals surface area contributed by atoms with Gasteiger partial charge in [0.15, 0.2) is 5.84 Å². The summed E-state index contributed by atoms with van der Waals surface area (Å²) in [7, 11) is 0. The van der Waals surface area contributed by atoms with Gasteiger partial charge in [-0.15, -0.1) is 0 Å². The van der Waals surface area contributed by atoms with Crippen LogP contribution in [0.25, 0.3) is 0 Å². The molecule has 0 unspecified atom stereocenters. The van der Waals surface area contributed by atoms with E-state index in [-0.39, 0.29) is 11.3 Å². The molecule has 0 heterocycles. The lowest BCUT2D eigenvalue weighted by Gasteiger charge is -2.11. The zero-order valence-electron chi connectivity index (χ0n) is 9.98. The van der Waals surface area contributed by atoms with Crippen molar-refractivity contribution in [1.29, 1.82) is 0 Å². The smallest absolute Gasteiger partial charge is 0.176 e.